The van der Waals surface area contributed by atoms with Gasteiger partial charge in [-0.25, -0.2) is 4.79 Å². The summed E-state index contributed by atoms with van der Waals surface area (Å²) >= 11 is 2.62. The van der Waals surface area contributed by atoms with Gasteiger partial charge in [-0.3, -0.25) is 14.9 Å². The third-order valence-electron chi connectivity index (χ3n) is 3.49. The average Bonchev–Trinajstić information content (AvgIpc) is 3.26. The Morgan fingerprint density at radius 3 is 2.72 bits per heavy atom. The molecule has 25 heavy (non-hydrogen) atoms. The summed E-state index contributed by atoms with van der Waals surface area (Å²) in [7, 11) is 0. The molecular formula is C17H13NO5S2. The number of carbonyl (C=O) groups is 2. The maximum atomic E-state index is 12.1. The zero-order valence-corrected chi connectivity index (χ0v) is 14.6. The van der Waals surface area contributed by atoms with E-state index in [0.29, 0.717) is 28.0 Å². The van der Waals surface area contributed by atoms with Crippen molar-refractivity contribution in [2.45, 2.75) is 12.8 Å². The Morgan fingerprint density at radius 1 is 1.16 bits per heavy atom. The Balaban J connectivity index is 1.55. The van der Waals surface area contributed by atoms with Crippen LogP contribution in [0.2, 0.25) is 0 Å². The summed E-state index contributed by atoms with van der Waals surface area (Å²) in [6.45, 7) is 0.157. The fourth-order valence-electron chi connectivity index (χ4n) is 2.27. The lowest BCUT2D eigenvalue weighted by atomic mass is 10.2. The molecule has 0 amide bonds. The maximum Gasteiger partial charge on any atom is 0.348 e. The number of nitro groups is 1. The second kappa shape index (κ2) is 7.54. The maximum absolute atomic E-state index is 12.1. The van der Waals surface area contributed by atoms with Crippen LogP contribution in [-0.4, -0.2) is 23.3 Å². The third kappa shape index (κ3) is 4.09. The van der Waals surface area contributed by atoms with E-state index in [9.17, 15) is 19.7 Å². The lowest BCUT2D eigenvalue weighted by Gasteiger charge is -2.02. The first-order valence-electron chi connectivity index (χ1n) is 7.46. The van der Waals surface area contributed by atoms with Gasteiger partial charge in [-0.15, -0.1) is 22.7 Å². The van der Waals surface area contributed by atoms with Gasteiger partial charge in [0.05, 0.1) is 16.4 Å². The molecule has 0 fully saturated rings. The fraction of sp³-hybridized carbons (Fsp3) is 0.176. The molecule has 6 nitrogen and oxygen atoms in total. The number of nitro benzene ring substituents is 1. The van der Waals surface area contributed by atoms with E-state index in [1.54, 1.807) is 18.2 Å². The van der Waals surface area contributed by atoms with Crippen molar-refractivity contribution in [1.29, 1.82) is 0 Å². The van der Waals surface area contributed by atoms with Crippen LogP contribution in [0.1, 0.15) is 32.2 Å². The highest BCUT2D eigenvalue weighted by Gasteiger charge is 2.15. The summed E-state index contributed by atoms with van der Waals surface area (Å²) in [5.41, 5.74) is -0.0164. The van der Waals surface area contributed by atoms with E-state index in [2.05, 4.69) is 0 Å². The van der Waals surface area contributed by atoms with Crippen LogP contribution < -0.4 is 0 Å². The minimum atomic E-state index is -0.479. The largest absolute Gasteiger partial charge is 0.461 e. The van der Waals surface area contributed by atoms with E-state index in [4.69, 9.17) is 4.74 Å². The first-order chi connectivity index (χ1) is 12.0. The van der Waals surface area contributed by atoms with Crippen molar-refractivity contribution < 1.29 is 19.2 Å². The highest BCUT2D eigenvalue weighted by atomic mass is 32.1. The van der Waals surface area contributed by atoms with Crippen molar-refractivity contribution in [3.05, 3.63) is 61.6 Å². The summed E-state index contributed by atoms with van der Waals surface area (Å²) < 4.78 is 5.97. The molecule has 0 saturated carbocycles. The summed E-state index contributed by atoms with van der Waals surface area (Å²) in [6, 6.07) is 9.65. The minimum Gasteiger partial charge on any atom is -0.461 e. The summed E-state index contributed by atoms with van der Waals surface area (Å²) in [5, 5.41) is 13.3. The number of esters is 1. The Kier molecular flexibility index (Phi) is 5.20. The number of thiophene rings is 2. The van der Waals surface area contributed by atoms with Gasteiger partial charge < -0.3 is 4.74 Å². The highest BCUT2D eigenvalue weighted by molar-refractivity contribution is 7.20. The number of benzene rings is 1. The molecule has 0 radical (unpaired) electrons. The fourth-order valence-corrected chi connectivity index (χ4v) is 3.91. The topological polar surface area (TPSA) is 86.5 Å². The second-order valence-corrected chi connectivity index (χ2v) is 7.26. The van der Waals surface area contributed by atoms with Crippen molar-refractivity contribution in [3.8, 4) is 0 Å². The Morgan fingerprint density at radius 2 is 2.00 bits per heavy atom. The van der Waals surface area contributed by atoms with Crippen LogP contribution in [0, 0.1) is 10.1 Å². The summed E-state index contributed by atoms with van der Waals surface area (Å²) in [6.07, 6.45) is 0.783. The molecule has 3 aromatic rings. The van der Waals surface area contributed by atoms with Gasteiger partial charge in [0.1, 0.15) is 4.88 Å². The molecule has 2 aromatic heterocycles. The SMILES string of the molecule is O=C(CCCOC(=O)c1cc2cc([N+](=O)[O-])ccc2s1)c1cccs1. The number of nitrogens with zero attached hydrogens (tertiary/aromatic N) is 1. The number of carbonyl (C=O) groups excluding carboxylic acids is 2. The van der Waals surface area contributed by atoms with Gasteiger partial charge in [-0.05, 0) is 30.0 Å². The molecule has 0 saturated heterocycles. The number of Topliss-reactive ketones (excluding diaryl/α,β-unsaturated/α-hetero) is 1. The Labute approximate surface area is 150 Å². The van der Waals surface area contributed by atoms with Crippen LogP contribution in [0.4, 0.5) is 5.69 Å². The lowest BCUT2D eigenvalue weighted by molar-refractivity contribution is -0.384. The standard InChI is InChI=1S/C17H13NO5S2/c19-13(15-4-2-8-24-15)3-1-7-23-17(20)16-10-11-9-12(18(21)22)5-6-14(11)25-16/h2,4-6,8-10H,1,3,7H2. The predicted octanol–water partition coefficient (Wildman–Crippen LogP) is 4.69. The molecule has 128 valence electrons. The van der Waals surface area contributed by atoms with E-state index in [1.165, 1.54) is 34.8 Å². The van der Waals surface area contributed by atoms with E-state index >= 15 is 0 Å². The smallest absolute Gasteiger partial charge is 0.348 e. The van der Waals surface area contributed by atoms with Crippen LogP contribution in [0.3, 0.4) is 0 Å². The van der Waals surface area contributed by atoms with E-state index in [-0.39, 0.29) is 18.1 Å². The van der Waals surface area contributed by atoms with Crippen LogP contribution in [-0.2, 0) is 4.74 Å². The Hall–Kier alpha value is -2.58. The van der Waals surface area contributed by atoms with Gasteiger partial charge in [0, 0.05) is 28.6 Å². The second-order valence-electron chi connectivity index (χ2n) is 5.23. The van der Waals surface area contributed by atoms with Crippen molar-refractivity contribution in [2.24, 2.45) is 0 Å². The monoisotopic (exact) mass is 375 g/mol. The first-order valence-corrected chi connectivity index (χ1v) is 9.16. The summed E-state index contributed by atoms with van der Waals surface area (Å²) in [5.74, 6) is -0.437. The third-order valence-corrected chi connectivity index (χ3v) is 5.50. The van der Waals surface area contributed by atoms with E-state index < -0.39 is 10.9 Å². The molecule has 0 bridgehead atoms. The van der Waals surface area contributed by atoms with Crippen LogP contribution in [0.15, 0.2) is 41.8 Å². The normalized spacial score (nSPS) is 10.7. The quantitative estimate of drug-likeness (QED) is 0.197. The molecule has 2 heterocycles. The number of fused-ring (bicyclic) bond motifs is 1. The lowest BCUT2D eigenvalue weighted by Crippen LogP contribution is -2.06. The number of ether oxygens (including phenoxy) is 1. The number of non-ortho nitro benzene ring substituents is 1. The molecular weight excluding hydrogens is 362 g/mol. The molecule has 0 unspecified atom stereocenters. The van der Waals surface area contributed by atoms with Crippen molar-refractivity contribution in [2.75, 3.05) is 6.61 Å². The number of hydrogen-bond donors (Lipinski definition) is 0. The molecule has 1 aromatic carbocycles. The molecule has 3 rings (SSSR count). The van der Waals surface area contributed by atoms with Crippen molar-refractivity contribution in [3.63, 3.8) is 0 Å². The first kappa shape index (κ1) is 17.2. The zero-order chi connectivity index (χ0) is 17.8. The van der Waals surface area contributed by atoms with E-state index in [0.717, 1.165) is 4.70 Å². The number of hydrogen-bond acceptors (Lipinski definition) is 7. The van der Waals surface area contributed by atoms with Crippen molar-refractivity contribution >= 4 is 50.2 Å². The Bertz CT molecular complexity index is 930. The molecule has 8 heteroatoms. The molecule has 0 spiro atoms. The van der Waals surface area contributed by atoms with Gasteiger partial charge in [0.15, 0.2) is 5.78 Å². The molecule has 0 atom stereocenters. The number of ketones is 1. The van der Waals surface area contributed by atoms with Gasteiger partial charge >= 0.3 is 5.97 Å². The van der Waals surface area contributed by atoms with Gasteiger partial charge in [-0.2, -0.15) is 0 Å². The van der Waals surface area contributed by atoms with Crippen LogP contribution in [0.5, 0.6) is 0 Å². The average molecular weight is 375 g/mol. The van der Waals surface area contributed by atoms with Crippen LogP contribution in [0.25, 0.3) is 10.1 Å². The molecule has 0 aliphatic heterocycles. The predicted molar refractivity (Wildman–Crippen MR) is 96.6 cm³/mol. The van der Waals surface area contributed by atoms with Gasteiger partial charge in [-0.1, -0.05) is 6.07 Å². The van der Waals surface area contributed by atoms with Crippen molar-refractivity contribution in [1.82, 2.24) is 0 Å². The highest BCUT2D eigenvalue weighted by Crippen LogP contribution is 2.29. The van der Waals surface area contributed by atoms with Crippen LogP contribution >= 0.6 is 22.7 Å². The molecule has 0 aliphatic carbocycles. The van der Waals surface area contributed by atoms with Gasteiger partial charge in [0.25, 0.3) is 5.69 Å². The summed E-state index contributed by atoms with van der Waals surface area (Å²) in [4.78, 5) is 35.3. The minimum absolute atomic E-state index is 0.0164. The molecule has 0 aliphatic rings. The zero-order valence-electron chi connectivity index (χ0n) is 13.0. The molecule has 0 N–H and O–H groups in total. The van der Waals surface area contributed by atoms with Gasteiger partial charge in [0.2, 0.25) is 0 Å². The number of rotatable bonds is 7. The van der Waals surface area contributed by atoms with E-state index in [1.807, 2.05) is 11.4 Å².